The molecule has 33 heavy (non-hydrogen) atoms. The van der Waals surface area contributed by atoms with Gasteiger partial charge in [-0.2, -0.15) is 0 Å². The zero-order valence-corrected chi connectivity index (χ0v) is 19.6. The molecule has 1 aromatic heterocycles. The first kappa shape index (κ1) is 23.1. The van der Waals surface area contributed by atoms with Crippen molar-refractivity contribution in [3.63, 3.8) is 0 Å². The Kier molecular flexibility index (Phi) is 7.81. The van der Waals surface area contributed by atoms with E-state index in [0.717, 1.165) is 56.3 Å². The number of amides is 1. The van der Waals surface area contributed by atoms with Gasteiger partial charge in [-0.15, -0.1) is 0 Å². The highest BCUT2D eigenvalue weighted by molar-refractivity contribution is 5.94. The number of carbonyl (C=O) groups is 1. The molecule has 0 bridgehead atoms. The fourth-order valence-electron chi connectivity index (χ4n) is 4.48. The maximum Gasteiger partial charge on any atom is 0.253 e. The highest BCUT2D eigenvalue weighted by atomic mass is 16.3. The lowest BCUT2D eigenvalue weighted by molar-refractivity contribution is 0.0773. The molecule has 0 unspecified atom stereocenters. The lowest BCUT2D eigenvalue weighted by Crippen LogP contribution is -2.45. The summed E-state index contributed by atoms with van der Waals surface area (Å²) in [5.74, 6) is 1.00. The van der Waals surface area contributed by atoms with Crippen LogP contribution in [0.4, 0.5) is 5.69 Å². The molecule has 174 valence electrons. The molecule has 4 rings (SSSR count). The minimum atomic E-state index is 0.0920. The molecule has 1 atom stereocenters. The third-order valence-electron chi connectivity index (χ3n) is 6.29. The van der Waals surface area contributed by atoms with Crippen molar-refractivity contribution < 1.29 is 9.21 Å². The molecule has 0 spiro atoms. The molecule has 1 saturated heterocycles. The number of benzene rings is 2. The Morgan fingerprint density at radius 2 is 1.79 bits per heavy atom. The Hall–Kier alpha value is -3.09. The molecule has 2 N–H and O–H groups in total. The van der Waals surface area contributed by atoms with Gasteiger partial charge in [-0.3, -0.25) is 9.69 Å². The lowest BCUT2D eigenvalue weighted by atomic mass is 9.95. The fraction of sp³-hybridized carbons (Fsp3) is 0.370. The number of nitrogens with zero attached hydrogens (tertiary/aromatic N) is 2. The number of nitrogens with one attached hydrogen (secondary N) is 2. The van der Waals surface area contributed by atoms with Crippen LogP contribution in [0.15, 0.2) is 71.3 Å². The summed E-state index contributed by atoms with van der Waals surface area (Å²) in [6, 6.07) is 20.8. The number of furan rings is 1. The van der Waals surface area contributed by atoms with Crippen molar-refractivity contribution in [3.8, 4) is 0 Å². The molecule has 2 heterocycles. The highest BCUT2D eigenvalue weighted by Crippen LogP contribution is 2.31. The van der Waals surface area contributed by atoms with Crippen molar-refractivity contribution in [1.29, 1.82) is 0 Å². The van der Waals surface area contributed by atoms with Crippen LogP contribution in [0.1, 0.15) is 47.1 Å². The molecular weight excluding hydrogens is 412 g/mol. The van der Waals surface area contributed by atoms with E-state index in [1.54, 1.807) is 6.26 Å². The first-order valence-electron chi connectivity index (χ1n) is 11.9. The normalized spacial score (nSPS) is 15.2. The van der Waals surface area contributed by atoms with Crippen LogP contribution in [0, 0.1) is 0 Å². The lowest BCUT2D eigenvalue weighted by Gasteiger charge is -2.36. The smallest absolute Gasteiger partial charge is 0.253 e. The maximum atomic E-state index is 12.8. The zero-order chi connectivity index (χ0) is 23.0. The third-order valence-corrected chi connectivity index (χ3v) is 6.29. The standard InChI is InChI=1S/C27H34N4O2/c1-3-30(4-2)27(32)22-12-10-21(11-13-22)26(31-16-14-28-15-17-31)23-7-5-8-24(19-23)29-20-25-9-6-18-33-25/h5-13,18-19,26,28-29H,3-4,14-17,20H2,1-2H3/t26-/m1/s1. The number of hydrogen-bond donors (Lipinski definition) is 2. The van der Waals surface area contributed by atoms with E-state index in [4.69, 9.17) is 4.42 Å². The second-order valence-corrected chi connectivity index (χ2v) is 8.35. The highest BCUT2D eigenvalue weighted by Gasteiger charge is 2.24. The second-order valence-electron chi connectivity index (χ2n) is 8.35. The van der Waals surface area contributed by atoms with Crippen LogP contribution in [0.2, 0.25) is 0 Å². The van der Waals surface area contributed by atoms with Crippen molar-refractivity contribution in [2.24, 2.45) is 0 Å². The summed E-state index contributed by atoms with van der Waals surface area (Å²) in [7, 11) is 0. The van der Waals surface area contributed by atoms with Gasteiger partial charge in [-0.25, -0.2) is 0 Å². The Morgan fingerprint density at radius 1 is 1.03 bits per heavy atom. The van der Waals surface area contributed by atoms with Gasteiger partial charge < -0.3 is 20.0 Å². The van der Waals surface area contributed by atoms with Crippen molar-refractivity contribution in [2.45, 2.75) is 26.4 Å². The molecule has 1 aliphatic heterocycles. The summed E-state index contributed by atoms with van der Waals surface area (Å²) in [4.78, 5) is 17.1. The molecule has 2 aromatic carbocycles. The van der Waals surface area contributed by atoms with E-state index in [1.807, 2.05) is 43.0 Å². The third kappa shape index (κ3) is 5.64. The van der Waals surface area contributed by atoms with Gasteiger partial charge in [0.15, 0.2) is 0 Å². The molecule has 1 amide bonds. The molecule has 0 aliphatic carbocycles. The van der Waals surface area contributed by atoms with Crippen LogP contribution >= 0.6 is 0 Å². The van der Waals surface area contributed by atoms with Gasteiger partial charge in [0.2, 0.25) is 0 Å². The van der Waals surface area contributed by atoms with Crippen LogP contribution in [0.5, 0.6) is 0 Å². The SMILES string of the molecule is CCN(CC)C(=O)c1ccc([C@H](c2cccc(NCc3ccco3)c2)N2CCNCC2)cc1. The average molecular weight is 447 g/mol. The molecule has 6 heteroatoms. The number of rotatable bonds is 9. The van der Waals surface area contributed by atoms with E-state index in [9.17, 15) is 4.79 Å². The fourth-order valence-corrected chi connectivity index (χ4v) is 4.48. The van der Waals surface area contributed by atoms with E-state index >= 15 is 0 Å². The van der Waals surface area contributed by atoms with Crippen molar-refractivity contribution >= 4 is 11.6 Å². The van der Waals surface area contributed by atoms with Gasteiger partial charge in [0.1, 0.15) is 5.76 Å². The van der Waals surface area contributed by atoms with Crippen LogP contribution in [0.3, 0.4) is 0 Å². The van der Waals surface area contributed by atoms with Gasteiger partial charge >= 0.3 is 0 Å². The largest absolute Gasteiger partial charge is 0.467 e. The Balaban J connectivity index is 1.59. The van der Waals surface area contributed by atoms with Gasteiger partial charge in [0.25, 0.3) is 5.91 Å². The van der Waals surface area contributed by atoms with Crippen LogP contribution in [-0.4, -0.2) is 55.0 Å². The molecule has 1 fully saturated rings. The second kappa shape index (κ2) is 11.2. The quantitative estimate of drug-likeness (QED) is 0.511. The van der Waals surface area contributed by atoms with Gasteiger partial charge in [-0.1, -0.05) is 24.3 Å². The molecule has 1 aliphatic rings. The monoisotopic (exact) mass is 446 g/mol. The predicted molar refractivity (Wildman–Crippen MR) is 132 cm³/mol. The number of anilines is 1. The molecule has 0 radical (unpaired) electrons. The summed E-state index contributed by atoms with van der Waals surface area (Å²) >= 11 is 0. The minimum absolute atomic E-state index is 0.0920. The van der Waals surface area contributed by atoms with E-state index in [-0.39, 0.29) is 11.9 Å². The predicted octanol–water partition coefficient (Wildman–Crippen LogP) is 4.37. The topological polar surface area (TPSA) is 60.8 Å². The van der Waals surface area contributed by atoms with Gasteiger partial charge in [0.05, 0.1) is 18.8 Å². The van der Waals surface area contributed by atoms with E-state index in [0.29, 0.717) is 6.54 Å². The molecule has 6 nitrogen and oxygen atoms in total. The Morgan fingerprint density at radius 3 is 2.45 bits per heavy atom. The maximum absolute atomic E-state index is 12.8. The number of carbonyl (C=O) groups excluding carboxylic acids is 1. The number of hydrogen-bond acceptors (Lipinski definition) is 5. The van der Waals surface area contributed by atoms with Gasteiger partial charge in [-0.05, 0) is 61.4 Å². The Bertz CT molecular complexity index is 1010. The van der Waals surface area contributed by atoms with E-state index < -0.39 is 0 Å². The Labute approximate surface area is 196 Å². The zero-order valence-electron chi connectivity index (χ0n) is 19.6. The van der Waals surface area contributed by atoms with Crippen molar-refractivity contribution in [3.05, 3.63) is 89.4 Å². The summed E-state index contributed by atoms with van der Waals surface area (Å²) in [5, 5.41) is 6.93. The van der Waals surface area contributed by atoms with Crippen LogP contribution < -0.4 is 10.6 Å². The van der Waals surface area contributed by atoms with Gasteiger partial charge in [0, 0.05) is 50.5 Å². The first-order valence-corrected chi connectivity index (χ1v) is 11.9. The summed E-state index contributed by atoms with van der Waals surface area (Å²) in [5.41, 5.74) is 4.26. The van der Waals surface area contributed by atoms with Crippen LogP contribution in [0.25, 0.3) is 0 Å². The summed E-state index contributed by atoms with van der Waals surface area (Å²) in [6.45, 7) is 10.0. The molecule has 0 saturated carbocycles. The minimum Gasteiger partial charge on any atom is -0.467 e. The summed E-state index contributed by atoms with van der Waals surface area (Å²) in [6.07, 6.45) is 1.70. The average Bonchev–Trinajstić information content (AvgIpc) is 3.39. The van der Waals surface area contributed by atoms with Crippen molar-refractivity contribution in [1.82, 2.24) is 15.1 Å². The molecular formula is C27H34N4O2. The van der Waals surface area contributed by atoms with E-state index in [1.165, 1.54) is 11.1 Å². The van der Waals surface area contributed by atoms with Crippen LogP contribution in [-0.2, 0) is 6.54 Å². The van der Waals surface area contributed by atoms with E-state index in [2.05, 4.69) is 51.9 Å². The summed E-state index contributed by atoms with van der Waals surface area (Å²) < 4.78 is 5.45. The molecule has 3 aromatic rings. The first-order chi connectivity index (χ1) is 16.2. The number of piperazine rings is 1. The van der Waals surface area contributed by atoms with Crippen molar-refractivity contribution in [2.75, 3.05) is 44.6 Å².